The van der Waals surface area contributed by atoms with Crippen LogP contribution in [0.5, 0.6) is 0 Å². The lowest BCUT2D eigenvalue weighted by Crippen LogP contribution is -1.93. The van der Waals surface area contributed by atoms with E-state index in [0.29, 0.717) is 5.56 Å². The van der Waals surface area contributed by atoms with Gasteiger partial charge < -0.3 is 4.57 Å². The van der Waals surface area contributed by atoms with E-state index in [1.807, 2.05) is 24.3 Å². The van der Waals surface area contributed by atoms with Crippen molar-refractivity contribution in [3.05, 3.63) is 115 Å². The van der Waals surface area contributed by atoms with Gasteiger partial charge in [0.05, 0.1) is 45.1 Å². The highest BCUT2D eigenvalue weighted by Gasteiger charge is 2.29. The summed E-state index contributed by atoms with van der Waals surface area (Å²) in [5, 5.41) is 14.0. The minimum Gasteiger partial charge on any atom is -0.307 e. The Balaban J connectivity index is 1.29. The molecular formula is C35H18N4S. The third-order valence-corrected chi connectivity index (χ3v) is 8.96. The molecule has 4 nitrogen and oxygen atoms in total. The Morgan fingerprint density at radius 3 is 2.10 bits per heavy atom. The van der Waals surface area contributed by atoms with Crippen LogP contribution in [-0.2, 0) is 0 Å². The minimum absolute atomic E-state index is 0.672. The van der Waals surface area contributed by atoms with Crippen molar-refractivity contribution in [1.29, 1.82) is 5.26 Å². The molecule has 4 aliphatic rings. The molecule has 0 saturated heterocycles. The smallest absolute Gasteiger partial charge is 0.0991 e. The van der Waals surface area contributed by atoms with E-state index >= 15 is 0 Å². The highest BCUT2D eigenvalue weighted by molar-refractivity contribution is 7.99. The Morgan fingerprint density at radius 2 is 1.35 bits per heavy atom. The van der Waals surface area contributed by atoms with Gasteiger partial charge in [-0.25, -0.2) is 9.97 Å². The molecule has 40 heavy (non-hydrogen) atoms. The summed E-state index contributed by atoms with van der Waals surface area (Å²) >= 11 is 1.69. The molecule has 2 aliphatic heterocycles. The van der Waals surface area contributed by atoms with Crippen LogP contribution in [0.1, 0.15) is 5.56 Å². The molecular weight excluding hydrogens is 508 g/mol. The van der Waals surface area contributed by atoms with Crippen LogP contribution in [-0.4, -0.2) is 14.5 Å². The average molecular weight is 527 g/mol. The molecule has 1 aromatic heterocycles. The molecule has 3 heterocycles. The van der Waals surface area contributed by atoms with Crippen molar-refractivity contribution < 1.29 is 0 Å². The molecule has 5 aromatic rings. The molecule has 0 saturated carbocycles. The normalized spacial score (nSPS) is 12.1. The Hall–Kier alpha value is -5.18. The van der Waals surface area contributed by atoms with Crippen LogP contribution in [0, 0.1) is 11.3 Å². The van der Waals surface area contributed by atoms with Gasteiger partial charge in [-0.2, -0.15) is 5.26 Å². The van der Waals surface area contributed by atoms with Crippen molar-refractivity contribution in [2.45, 2.75) is 9.79 Å². The summed E-state index contributed by atoms with van der Waals surface area (Å²) in [7, 11) is 0. The number of para-hydroxylation sites is 2. The Morgan fingerprint density at radius 1 is 0.675 bits per heavy atom. The molecule has 4 aromatic carbocycles. The largest absolute Gasteiger partial charge is 0.307 e. The van der Waals surface area contributed by atoms with Gasteiger partial charge in [0, 0.05) is 48.2 Å². The molecule has 0 fully saturated rings. The van der Waals surface area contributed by atoms with E-state index in [2.05, 4.69) is 95.6 Å². The van der Waals surface area contributed by atoms with Crippen LogP contribution in [0.4, 0.5) is 0 Å². The predicted molar refractivity (Wildman–Crippen MR) is 162 cm³/mol. The van der Waals surface area contributed by atoms with Gasteiger partial charge in [0.25, 0.3) is 0 Å². The predicted octanol–water partition coefficient (Wildman–Crippen LogP) is 8.99. The molecule has 0 bridgehead atoms. The average Bonchev–Trinajstić information content (AvgIpc) is 3.76. The lowest BCUT2D eigenvalue weighted by atomic mass is 10.1. The molecule has 2 aliphatic carbocycles. The molecule has 0 atom stereocenters. The fourth-order valence-electron chi connectivity index (χ4n) is 6.23. The highest BCUT2D eigenvalue weighted by Crippen LogP contribution is 2.50. The first kappa shape index (κ1) is 21.7. The SMILES string of the molecule is N#Cc1ccc(Sc2ccc(-n3c4cc5nc6ccccc6c-5c4c4cc5c6ccccc6nc-5c43)cc2)cc1. The molecule has 0 radical (unpaired) electrons. The lowest BCUT2D eigenvalue weighted by Gasteiger charge is -2.09. The second-order valence-corrected chi connectivity index (χ2v) is 11.3. The van der Waals surface area contributed by atoms with E-state index in [4.69, 9.17) is 15.2 Å². The summed E-state index contributed by atoms with van der Waals surface area (Å²) in [6, 6.07) is 40.0. The highest BCUT2D eigenvalue weighted by atomic mass is 32.2. The number of hydrogen-bond acceptors (Lipinski definition) is 4. The van der Waals surface area contributed by atoms with Gasteiger partial charge in [0.15, 0.2) is 0 Å². The standard InChI is InChI=1S/C35H18N4S/c36-19-20-9-13-22(14-10-20)40-23-15-11-21(12-16-23)39-31-18-30-32(25-6-2-4-8-29(25)37-30)33(31)27-17-26-24-5-1-3-7-28(24)38-34(26)35(27)39/h1-18H. The fraction of sp³-hybridized carbons (Fsp3) is 0. The van der Waals surface area contributed by atoms with Crippen LogP contribution in [0.2, 0.25) is 0 Å². The van der Waals surface area contributed by atoms with Crippen molar-refractivity contribution >= 4 is 55.4 Å². The van der Waals surface area contributed by atoms with Crippen molar-refractivity contribution in [3.8, 4) is 34.3 Å². The van der Waals surface area contributed by atoms with E-state index in [1.54, 1.807) is 11.8 Å². The number of nitrogens with zero attached hydrogens (tertiary/aromatic N) is 4. The zero-order valence-electron chi connectivity index (χ0n) is 21.1. The molecule has 0 amide bonds. The van der Waals surface area contributed by atoms with E-state index < -0.39 is 0 Å². The Labute approximate surface area is 233 Å². The van der Waals surface area contributed by atoms with Crippen molar-refractivity contribution in [2.75, 3.05) is 0 Å². The minimum atomic E-state index is 0.672. The molecule has 184 valence electrons. The summed E-state index contributed by atoms with van der Waals surface area (Å²) in [5.41, 5.74) is 10.6. The summed E-state index contributed by atoms with van der Waals surface area (Å²) in [6.07, 6.45) is 0. The fourth-order valence-corrected chi connectivity index (χ4v) is 7.05. The first-order valence-corrected chi connectivity index (χ1v) is 14.0. The zero-order chi connectivity index (χ0) is 26.4. The molecule has 0 spiro atoms. The third-order valence-electron chi connectivity index (χ3n) is 7.95. The second-order valence-electron chi connectivity index (χ2n) is 10.2. The van der Waals surface area contributed by atoms with Gasteiger partial charge >= 0.3 is 0 Å². The monoisotopic (exact) mass is 526 g/mol. The van der Waals surface area contributed by atoms with Crippen molar-refractivity contribution in [2.24, 2.45) is 0 Å². The maximum Gasteiger partial charge on any atom is 0.0991 e. The van der Waals surface area contributed by atoms with Gasteiger partial charge in [-0.05, 0) is 72.8 Å². The Bertz CT molecular complexity index is 2340. The maximum absolute atomic E-state index is 9.10. The van der Waals surface area contributed by atoms with Gasteiger partial charge in [-0.3, -0.25) is 0 Å². The summed E-state index contributed by atoms with van der Waals surface area (Å²) in [5.74, 6) is 0. The summed E-state index contributed by atoms with van der Waals surface area (Å²) in [6.45, 7) is 0. The van der Waals surface area contributed by atoms with Crippen molar-refractivity contribution in [3.63, 3.8) is 0 Å². The van der Waals surface area contributed by atoms with E-state index in [0.717, 1.165) is 48.9 Å². The molecule has 0 unspecified atom stereocenters. The van der Waals surface area contributed by atoms with Crippen LogP contribution < -0.4 is 0 Å². The van der Waals surface area contributed by atoms with Crippen LogP contribution in [0.3, 0.4) is 0 Å². The second kappa shape index (κ2) is 7.92. The number of fused-ring (bicyclic) bond motifs is 11. The van der Waals surface area contributed by atoms with Crippen molar-refractivity contribution in [1.82, 2.24) is 14.5 Å². The van der Waals surface area contributed by atoms with Crippen LogP contribution in [0.15, 0.2) is 119 Å². The number of aromatic nitrogens is 3. The van der Waals surface area contributed by atoms with Gasteiger partial charge in [0.1, 0.15) is 0 Å². The first-order chi connectivity index (χ1) is 19.8. The number of nitriles is 1. The van der Waals surface area contributed by atoms with Gasteiger partial charge in [0.2, 0.25) is 0 Å². The molecule has 9 rings (SSSR count). The molecule has 0 N–H and O–H groups in total. The van der Waals surface area contributed by atoms with Crippen LogP contribution in [0.25, 0.3) is 71.8 Å². The number of benzene rings is 4. The molecule has 5 heteroatoms. The first-order valence-electron chi connectivity index (χ1n) is 13.1. The third kappa shape index (κ3) is 2.91. The Kier molecular flexibility index (Phi) is 4.30. The number of rotatable bonds is 3. The lowest BCUT2D eigenvalue weighted by molar-refractivity contribution is 1.17. The van der Waals surface area contributed by atoms with Crippen LogP contribution >= 0.6 is 11.8 Å². The van der Waals surface area contributed by atoms with E-state index in [-0.39, 0.29) is 0 Å². The maximum atomic E-state index is 9.10. The van der Waals surface area contributed by atoms with Gasteiger partial charge in [-0.1, -0.05) is 48.2 Å². The summed E-state index contributed by atoms with van der Waals surface area (Å²) in [4.78, 5) is 12.3. The van der Waals surface area contributed by atoms with Gasteiger partial charge in [-0.15, -0.1) is 0 Å². The summed E-state index contributed by atoms with van der Waals surface area (Å²) < 4.78 is 2.37. The van der Waals surface area contributed by atoms with E-state index in [9.17, 15) is 0 Å². The quantitative estimate of drug-likeness (QED) is 0.230. The number of hydrogen-bond donors (Lipinski definition) is 0. The topological polar surface area (TPSA) is 54.5 Å². The zero-order valence-corrected chi connectivity index (χ0v) is 21.9. The van der Waals surface area contributed by atoms with E-state index in [1.165, 1.54) is 32.7 Å².